The van der Waals surface area contributed by atoms with Gasteiger partial charge in [-0.2, -0.15) is 0 Å². The standard InChI is InChI=1S/C30H29NO2P/c1-23(32)31-22-29(30(2,33)27-20-12-13-21-28(27)31)34(24-14-6-3-7-15-24,25-16-8-4-9-17-25)26-18-10-5-11-19-26/h3-21,29,33H,22H2,1-2H3/q+1. The monoisotopic (exact) mass is 466 g/mol. The second-order valence-corrected chi connectivity index (χ2v) is 12.7. The first-order valence-corrected chi connectivity index (χ1v) is 13.5. The van der Waals surface area contributed by atoms with Crippen LogP contribution in [0.3, 0.4) is 0 Å². The average molecular weight is 467 g/mol. The molecule has 0 aromatic heterocycles. The van der Waals surface area contributed by atoms with Crippen LogP contribution in [0.1, 0.15) is 19.4 Å². The highest BCUT2D eigenvalue weighted by Gasteiger charge is 2.62. The summed E-state index contributed by atoms with van der Waals surface area (Å²) >= 11 is 0. The van der Waals surface area contributed by atoms with Crippen molar-refractivity contribution < 1.29 is 9.90 Å². The smallest absolute Gasteiger partial charge is 0.224 e. The predicted molar refractivity (Wildman–Crippen MR) is 143 cm³/mol. The number of hydrogen-bond donors (Lipinski definition) is 1. The molecule has 2 unspecified atom stereocenters. The van der Waals surface area contributed by atoms with Crippen molar-refractivity contribution in [2.75, 3.05) is 11.4 Å². The highest BCUT2D eigenvalue weighted by Crippen LogP contribution is 2.65. The molecule has 2 atom stereocenters. The molecule has 0 aliphatic carbocycles. The number of amides is 1. The van der Waals surface area contributed by atoms with E-state index in [1.54, 1.807) is 6.92 Å². The zero-order chi connectivity index (χ0) is 23.8. The van der Waals surface area contributed by atoms with E-state index >= 15 is 0 Å². The van der Waals surface area contributed by atoms with Gasteiger partial charge in [0.15, 0.2) is 0 Å². The molecule has 0 saturated carbocycles. The van der Waals surface area contributed by atoms with Crippen molar-refractivity contribution in [3.63, 3.8) is 0 Å². The van der Waals surface area contributed by atoms with Crippen LogP contribution in [0.2, 0.25) is 0 Å². The van der Waals surface area contributed by atoms with E-state index in [2.05, 4.69) is 72.8 Å². The van der Waals surface area contributed by atoms with E-state index in [1.165, 1.54) is 15.9 Å². The average Bonchev–Trinajstić information content (AvgIpc) is 2.87. The number of hydrogen-bond acceptors (Lipinski definition) is 2. The van der Waals surface area contributed by atoms with Gasteiger partial charge in [0.05, 0.1) is 6.54 Å². The van der Waals surface area contributed by atoms with Gasteiger partial charge >= 0.3 is 0 Å². The molecule has 4 aromatic carbocycles. The van der Waals surface area contributed by atoms with Crippen molar-refractivity contribution in [1.82, 2.24) is 0 Å². The minimum atomic E-state index is -2.43. The Morgan fingerprint density at radius 1 is 0.765 bits per heavy atom. The number of para-hydroxylation sites is 1. The predicted octanol–water partition coefficient (Wildman–Crippen LogP) is 4.62. The lowest BCUT2D eigenvalue weighted by atomic mass is 9.86. The van der Waals surface area contributed by atoms with Crippen LogP contribution in [-0.2, 0) is 10.4 Å². The fourth-order valence-corrected chi connectivity index (χ4v) is 10.7. The molecule has 170 valence electrons. The van der Waals surface area contributed by atoms with Crippen LogP contribution in [-0.4, -0.2) is 23.2 Å². The Morgan fingerprint density at radius 3 is 1.62 bits per heavy atom. The van der Waals surface area contributed by atoms with Gasteiger partial charge in [-0.05, 0) is 49.4 Å². The second kappa shape index (κ2) is 8.83. The van der Waals surface area contributed by atoms with Crippen LogP contribution in [0.15, 0.2) is 115 Å². The lowest BCUT2D eigenvalue weighted by molar-refractivity contribution is -0.116. The van der Waals surface area contributed by atoms with E-state index in [0.717, 1.165) is 11.3 Å². The molecule has 1 N–H and O–H groups in total. The lowest BCUT2D eigenvalue weighted by Crippen LogP contribution is -2.57. The number of carbonyl (C=O) groups excluding carboxylic acids is 1. The number of benzene rings is 4. The Kier molecular flexibility index (Phi) is 5.85. The van der Waals surface area contributed by atoms with Crippen LogP contribution in [0, 0.1) is 0 Å². The number of fused-ring (bicyclic) bond motifs is 1. The van der Waals surface area contributed by atoms with Gasteiger partial charge in [-0.3, -0.25) is 4.79 Å². The molecular formula is C30H29NO2P+. The molecule has 0 radical (unpaired) electrons. The van der Waals surface area contributed by atoms with E-state index in [4.69, 9.17) is 0 Å². The van der Waals surface area contributed by atoms with Crippen LogP contribution in [0.4, 0.5) is 5.69 Å². The molecule has 3 nitrogen and oxygen atoms in total. The molecule has 4 heteroatoms. The van der Waals surface area contributed by atoms with E-state index in [9.17, 15) is 9.90 Å². The van der Waals surface area contributed by atoms with E-state index in [0.29, 0.717) is 6.54 Å². The van der Waals surface area contributed by atoms with Gasteiger partial charge in [0.2, 0.25) is 5.91 Å². The Labute approximate surface area is 202 Å². The highest BCUT2D eigenvalue weighted by molar-refractivity contribution is 7.96. The maximum Gasteiger partial charge on any atom is 0.224 e. The van der Waals surface area contributed by atoms with Crippen molar-refractivity contribution >= 4 is 34.8 Å². The van der Waals surface area contributed by atoms with Crippen LogP contribution >= 0.6 is 7.26 Å². The molecule has 0 spiro atoms. The highest BCUT2D eigenvalue weighted by atomic mass is 31.2. The third-order valence-electron chi connectivity index (χ3n) is 7.08. The second-order valence-electron chi connectivity index (χ2n) is 9.04. The molecule has 1 aliphatic heterocycles. The first-order valence-electron chi connectivity index (χ1n) is 11.6. The van der Waals surface area contributed by atoms with Crippen molar-refractivity contribution in [3.8, 4) is 0 Å². The quantitative estimate of drug-likeness (QED) is 0.446. The Hall–Kier alpha value is -3.26. The maximum absolute atomic E-state index is 12.9. The molecular weight excluding hydrogens is 437 g/mol. The van der Waals surface area contributed by atoms with E-state index < -0.39 is 12.9 Å². The van der Waals surface area contributed by atoms with Gasteiger partial charge in [-0.15, -0.1) is 0 Å². The zero-order valence-electron chi connectivity index (χ0n) is 19.5. The molecule has 0 bridgehead atoms. The Balaban J connectivity index is 1.89. The Bertz CT molecular complexity index is 1190. The summed E-state index contributed by atoms with van der Waals surface area (Å²) in [7, 11) is -2.43. The van der Waals surface area contributed by atoms with Crippen molar-refractivity contribution in [2.24, 2.45) is 0 Å². The number of rotatable bonds is 4. The van der Waals surface area contributed by atoms with Gasteiger partial charge in [0, 0.05) is 18.2 Å². The molecule has 34 heavy (non-hydrogen) atoms. The van der Waals surface area contributed by atoms with Gasteiger partial charge in [0.25, 0.3) is 0 Å². The van der Waals surface area contributed by atoms with Crippen molar-refractivity contribution in [2.45, 2.75) is 25.1 Å². The molecule has 5 rings (SSSR count). The van der Waals surface area contributed by atoms with Crippen LogP contribution < -0.4 is 20.8 Å². The summed E-state index contributed by atoms with van der Waals surface area (Å²) in [6, 6.07) is 39.4. The zero-order valence-corrected chi connectivity index (χ0v) is 20.4. The van der Waals surface area contributed by atoms with Gasteiger partial charge in [-0.1, -0.05) is 72.8 Å². The SMILES string of the molecule is CC(=O)N1CC([P+](c2ccccc2)(c2ccccc2)c2ccccc2)C(C)(O)c2ccccc21. The van der Waals surface area contributed by atoms with Gasteiger partial charge in [0.1, 0.15) is 34.4 Å². The summed E-state index contributed by atoms with van der Waals surface area (Å²) in [5, 5.41) is 16.0. The van der Waals surface area contributed by atoms with Gasteiger partial charge in [-0.25, -0.2) is 0 Å². The number of aliphatic hydroxyl groups is 1. The first kappa shape index (κ1) is 22.5. The summed E-state index contributed by atoms with van der Waals surface area (Å²) in [5.41, 5.74) is 0.195. The molecule has 0 saturated heterocycles. The molecule has 1 amide bonds. The summed E-state index contributed by atoms with van der Waals surface area (Å²) in [5.74, 6) is -0.0137. The minimum Gasteiger partial charge on any atom is -0.381 e. The summed E-state index contributed by atoms with van der Waals surface area (Å²) in [4.78, 5) is 14.8. The topological polar surface area (TPSA) is 40.5 Å². The largest absolute Gasteiger partial charge is 0.381 e. The van der Waals surface area contributed by atoms with Crippen molar-refractivity contribution in [3.05, 3.63) is 121 Å². The first-order chi connectivity index (χ1) is 16.5. The van der Waals surface area contributed by atoms with E-state index in [-0.39, 0.29) is 11.6 Å². The van der Waals surface area contributed by atoms with Crippen LogP contribution in [0.5, 0.6) is 0 Å². The number of carbonyl (C=O) groups is 1. The minimum absolute atomic E-state index is 0.0137. The third kappa shape index (κ3) is 3.48. The number of anilines is 1. The molecule has 1 aliphatic rings. The van der Waals surface area contributed by atoms with Crippen LogP contribution in [0.25, 0.3) is 0 Å². The normalized spacial score (nSPS) is 20.0. The summed E-state index contributed by atoms with van der Waals surface area (Å²) < 4.78 is 0. The van der Waals surface area contributed by atoms with E-state index in [1.807, 2.05) is 54.3 Å². The van der Waals surface area contributed by atoms with Gasteiger partial charge < -0.3 is 10.0 Å². The summed E-state index contributed by atoms with van der Waals surface area (Å²) in [6.45, 7) is 3.98. The number of nitrogens with zero attached hydrogens (tertiary/aromatic N) is 1. The third-order valence-corrected chi connectivity index (χ3v) is 12.0. The molecule has 4 aromatic rings. The summed E-state index contributed by atoms with van der Waals surface area (Å²) in [6.07, 6.45) is 0. The fraction of sp³-hybridized carbons (Fsp3) is 0.167. The molecule has 0 fully saturated rings. The lowest BCUT2D eigenvalue weighted by Gasteiger charge is -2.48. The maximum atomic E-state index is 12.9. The Morgan fingerprint density at radius 2 is 1.18 bits per heavy atom. The fourth-order valence-electron chi connectivity index (χ4n) is 5.54. The van der Waals surface area contributed by atoms with Crippen molar-refractivity contribution in [1.29, 1.82) is 0 Å². The molecule has 1 heterocycles.